The van der Waals surface area contributed by atoms with Crippen LogP contribution in [0, 0.1) is 5.82 Å². The standard InChI is InChI=1S/C15H15BrFN3O/c16-12-4-5-14(17)11(9-12)6-8-19-15(21)20-10-13-3-1-2-7-18-13/h1-5,7,9H,6,8,10H2,(H2,19,20,21). The zero-order chi connectivity index (χ0) is 15.1. The molecule has 2 N–H and O–H groups in total. The van der Waals surface area contributed by atoms with Gasteiger partial charge in [-0.2, -0.15) is 0 Å². The molecule has 0 aliphatic heterocycles. The van der Waals surface area contributed by atoms with Gasteiger partial charge in [-0.1, -0.05) is 22.0 Å². The number of nitrogens with zero attached hydrogens (tertiary/aromatic N) is 1. The molecule has 6 heteroatoms. The van der Waals surface area contributed by atoms with E-state index in [0.29, 0.717) is 25.1 Å². The van der Waals surface area contributed by atoms with Gasteiger partial charge in [0.1, 0.15) is 5.82 Å². The molecular weight excluding hydrogens is 337 g/mol. The van der Waals surface area contributed by atoms with E-state index in [2.05, 4.69) is 31.5 Å². The van der Waals surface area contributed by atoms with Crippen molar-refractivity contribution < 1.29 is 9.18 Å². The summed E-state index contributed by atoms with van der Waals surface area (Å²) in [5.41, 5.74) is 1.35. The first-order chi connectivity index (χ1) is 10.1. The lowest BCUT2D eigenvalue weighted by molar-refractivity contribution is 0.240. The molecule has 2 amide bonds. The second-order valence-corrected chi connectivity index (χ2v) is 5.33. The van der Waals surface area contributed by atoms with Crippen molar-refractivity contribution in [2.24, 2.45) is 0 Å². The first kappa shape index (κ1) is 15.4. The molecule has 0 spiro atoms. The van der Waals surface area contributed by atoms with E-state index in [1.807, 2.05) is 18.2 Å². The van der Waals surface area contributed by atoms with Gasteiger partial charge in [0.15, 0.2) is 0 Å². The number of hydrogen-bond acceptors (Lipinski definition) is 2. The van der Waals surface area contributed by atoms with Crippen LogP contribution in [0.4, 0.5) is 9.18 Å². The Kier molecular flexibility index (Phi) is 5.68. The molecule has 1 aromatic heterocycles. The number of amides is 2. The molecule has 4 nitrogen and oxygen atoms in total. The quantitative estimate of drug-likeness (QED) is 0.869. The Bertz CT molecular complexity index is 607. The van der Waals surface area contributed by atoms with E-state index in [1.165, 1.54) is 6.07 Å². The lowest BCUT2D eigenvalue weighted by Crippen LogP contribution is -2.36. The highest BCUT2D eigenvalue weighted by Gasteiger charge is 2.04. The lowest BCUT2D eigenvalue weighted by atomic mass is 10.1. The molecule has 0 radical (unpaired) electrons. The van der Waals surface area contributed by atoms with E-state index in [0.717, 1.165) is 10.2 Å². The monoisotopic (exact) mass is 351 g/mol. The van der Waals surface area contributed by atoms with Crippen LogP contribution < -0.4 is 10.6 Å². The van der Waals surface area contributed by atoms with Gasteiger partial charge in [0.25, 0.3) is 0 Å². The summed E-state index contributed by atoms with van der Waals surface area (Å²) in [4.78, 5) is 15.7. The molecule has 0 saturated heterocycles. The molecule has 110 valence electrons. The highest BCUT2D eigenvalue weighted by atomic mass is 79.9. The van der Waals surface area contributed by atoms with E-state index in [4.69, 9.17) is 0 Å². The van der Waals surface area contributed by atoms with Gasteiger partial charge in [-0.25, -0.2) is 9.18 Å². The lowest BCUT2D eigenvalue weighted by Gasteiger charge is -2.08. The molecule has 0 fully saturated rings. The number of hydrogen-bond donors (Lipinski definition) is 2. The number of nitrogens with one attached hydrogen (secondary N) is 2. The molecule has 0 aliphatic carbocycles. The van der Waals surface area contributed by atoms with Crippen LogP contribution in [0.5, 0.6) is 0 Å². The number of pyridine rings is 1. The van der Waals surface area contributed by atoms with Gasteiger partial charge in [0.05, 0.1) is 12.2 Å². The van der Waals surface area contributed by atoms with Gasteiger partial charge >= 0.3 is 6.03 Å². The van der Waals surface area contributed by atoms with Crippen LogP contribution >= 0.6 is 15.9 Å². The maximum Gasteiger partial charge on any atom is 0.315 e. The van der Waals surface area contributed by atoms with Crippen molar-refractivity contribution in [1.82, 2.24) is 15.6 Å². The maximum atomic E-state index is 13.5. The molecule has 0 atom stereocenters. The number of rotatable bonds is 5. The normalized spacial score (nSPS) is 10.2. The second-order valence-electron chi connectivity index (χ2n) is 4.42. The minimum Gasteiger partial charge on any atom is -0.338 e. The van der Waals surface area contributed by atoms with E-state index in [9.17, 15) is 9.18 Å². The minimum absolute atomic E-state index is 0.270. The fraction of sp³-hybridized carbons (Fsp3) is 0.200. The second kappa shape index (κ2) is 7.73. The van der Waals surface area contributed by atoms with Crippen LogP contribution in [0.1, 0.15) is 11.3 Å². The van der Waals surface area contributed by atoms with Crippen LogP contribution in [0.25, 0.3) is 0 Å². The summed E-state index contributed by atoms with van der Waals surface area (Å²) in [5.74, 6) is -0.270. The largest absolute Gasteiger partial charge is 0.338 e. The SMILES string of the molecule is O=C(NCCc1cc(Br)ccc1F)NCc1ccccn1. The van der Waals surface area contributed by atoms with Crippen LogP contribution in [0.15, 0.2) is 47.1 Å². The van der Waals surface area contributed by atoms with Crippen LogP contribution in [-0.2, 0) is 13.0 Å². The molecule has 1 heterocycles. The highest BCUT2D eigenvalue weighted by molar-refractivity contribution is 9.10. The van der Waals surface area contributed by atoms with E-state index in [1.54, 1.807) is 18.3 Å². The number of aromatic nitrogens is 1. The van der Waals surface area contributed by atoms with E-state index >= 15 is 0 Å². The Labute approximate surface area is 130 Å². The first-order valence-corrected chi connectivity index (χ1v) is 7.30. The molecule has 2 aromatic rings. The smallest absolute Gasteiger partial charge is 0.315 e. The molecule has 0 unspecified atom stereocenters. The van der Waals surface area contributed by atoms with Gasteiger partial charge in [0.2, 0.25) is 0 Å². The average Bonchev–Trinajstić information content (AvgIpc) is 2.50. The Morgan fingerprint density at radius 2 is 2.10 bits per heavy atom. The van der Waals surface area contributed by atoms with Crippen molar-refractivity contribution in [3.05, 3.63) is 64.1 Å². The zero-order valence-electron chi connectivity index (χ0n) is 11.3. The summed E-state index contributed by atoms with van der Waals surface area (Å²) < 4.78 is 14.3. The minimum atomic E-state index is -0.295. The van der Waals surface area contributed by atoms with Crippen molar-refractivity contribution in [2.45, 2.75) is 13.0 Å². The number of urea groups is 1. The van der Waals surface area contributed by atoms with Crippen molar-refractivity contribution in [3.8, 4) is 0 Å². The third kappa shape index (κ3) is 5.15. The summed E-state index contributed by atoms with van der Waals surface area (Å²) in [7, 11) is 0. The van der Waals surface area contributed by atoms with Crippen LogP contribution in [0.3, 0.4) is 0 Å². The number of halogens is 2. The fourth-order valence-corrected chi connectivity index (χ4v) is 2.19. The molecule has 0 bridgehead atoms. The molecule has 0 aliphatic rings. The van der Waals surface area contributed by atoms with Gasteiger partial charge in [-0.3, -0.25) is 4.98 Å². The van der Waals surface area contributed by atoms with Crippen LogP contribution in [0.2, 0.25) is 0 Å². The third-order valence-corrected chi connectivity index (χ3v) is 3.34. The summed E-state index contributed by atoms with van der Waals surface area (Å²) in [6.45, 7) is 0.722. The Balaban J connectivity index is 1.73. The van der Waals surface area contributed by atoms with Crippen molar-refractivity contribution in [1.29, 1.82) is 0 Å². The zero-order valence-corrected chi connectivity index (χ0v) is 12.9. The summed E-state index contributed by atoms with van der Waals surface area (Å²) in [6.07, 6.45) is 2.10. The maximum absolute atomic E-state index is 13.5. The average molecular weight is 352 g/mol. The molecule has 21 heavy (non-hydrogen) atoms. The van der Waals surface area contributed by atoms with Gasteiger partial charge < -0.3 is 10.6 Å². The number of benzene rings is 1. The van der Waals surface area contributed by atoms with Crippen molar-refractivity contribution in [2.75, 3.05) is 6.54 Å². The fourth-order valence-electron chi connectivity index (χ4n) is 1.78. The molecule has 2 rings (SSSR count). The van der Waals surface area contributed by atoms with Crippen molar-refractivity contribution >= 4 is 22.0 Å². The van der Waals surface area contributed by atoms with Crippen molar-refractivity contribution in [3.63, 3.8) is 0 Å². The highest BCUT2D eigenvalue weighted by Crippen LogP contribution is 2.15. The molecular formula is C15H15BrFN3O. The Hall–Kier alpha value is -1.95. The predicted octanol–water partition coefficient (Wildman–Crippen LogP) is 3.03. The number of carbonyl (C=O) groups is 1. The predicted molar refractivity (Wildman–Crippen MR) is 82.3 cm³/mol. The summed E-state index contributed by atoms with van der Waals surface area (Å²) in [6, 6.07) is 9.97. The van der Waals surface area contributed by atoms with Gasteiger partial charge in [-0.15, -0.1) is 0 Å². The number of carbonyl (C=O) groups excluding carboxylic acids is 1. The third-order valence-electron chi connectivity index (χ3n) is 2.84. The van der Waals surface area contributed by atoms with E-state index in [-0.39, 0.29) is 11.8 Å². The summed E-state index contributed by atoms with van der Waals surface area (Å²) >= 11 is 3.29. The van der Waals surface area contributed by atoms with E-state index < -0.39 is 0 Å². The molecule has 0 saturated carbocycles. The Morgan fingerprint density at radius 3 is 2.86 bits per heavy atom. The van der Waals surface area contributed by atoms with Crippen LogP contribution in [-0.4, -0.2) is 17.6 Å². The topological polar surface area (TPSA) is 54.0 Å². The van der Waals surface area contributed by atoms with Gasteiger partial charge in [-0.05, 0) is 42.3 Å². The Morgan fingerprint density at radius 1 is 1.24 bits per heavy atom. The first-order valence-electron chi connectivity index (χ1n) is 6.50. The van der Waals surface area contributed by atoms with Gasteiger partial charge in [0, 0.05) is 17.2 Å². The summed E-state index contributed by atoms with van der Waals surface area (Å²) in [5, 5.41) is 5.38. The molecule has 1 aromatic carbocycles.